The molecule has 1 amide bonds. The maximum atomic E-state index is 12.1. The number of ether oxygens (including phenoxy) is 1. The summed E-state index contributed by atoms with van der Waals surface area (Å²) in [4.78, 5) is 12.1. The van der Waals surface area contributed by atoms with Gasteiger partial charge in [-0.2, -0.15) is 5.10 Å². The lowest BCUT2D eigenvalue weighted by atomic mass is 10.2. The minimum Gasteiger partial charge on any atom is -0.507 e. The number of phenols is 1. The Balaban J connectivity index is 2.14. The zero-order valence-electron chi connectivity index (χ0n) is 11.5. The molecule has 2 aromatic carbocycles. The van der Waals surface area contributed by atoms with Crippen molar-refractivity contribution in [1.82, 2.24) is 5.43 Å². The van der Waals surface area contributed by atoms with Crippen LogP contribution >= 0.6 is 31.9 Å². The molecule has 0 aromatic heterocycles. The summed E-state index contributed by atoms with van der Waals surface area (Å²) in [6.07, 6.45) is 1.36. The molecule has 2 aromatic rings. The van der Waals surface area contributed by atoms with Crippen LogP contribution in [0.4, 0.5) is 0 Å². The van der Waals surface area contributed by atoms with Gasteiger partial charge in [-0.1, -0.05) is 31.9 Å². The molecular formula is C15H12Br2N2O3. The number of hydrogen-bond donors (Lipinski definition) is 2. The Bertz CT molecular complexity index is 733. The zero-order valence-corrected chi connectivity index (χ0v) is 14.7. The summed E-state index contributed by atoms with van der Waals surface area (Å²) < 4.78 is 6.70. The monoisotopic (exact) mass is 426 g/mol. The lowest BCUT2D eigenvalue weighted by Gasteiger charge is -2.07. The van der Waals surface area contributed by atoms with Crippen LogP contribution in [-0.2, 0) is 0 Å². The maximum absolute atomic E-state index is 12.1. The van der Waals surface area contributed by atoms with E-state index in [1.54, 1.807) is 30.3 Å². The Kier molecular flexibility index (Phi) is 5.57. The Morgan fingerprint density at radius 3 is 2.64 bits per heavy atom. The van der Waals surface area contributed by atoms with E-state index in [0.717, 1.165) is 8.95 Å². The lowest BCUT2D eigenvalue weighted by molar-refractivity contribution is 0.0952. The number of phenolic OH excluding ortho intramolecular Hbond substituents is 1. The van der Waals surface area contributed by atoms with Crippen molar-refractivity contribution >= 4 is 44.0 Å². The number of carbonyl (C=O) groups excluding carboxylic acids is 1. The van der Waals surface area contributed by atoms with Gasteiger partial charge in [-0.3, -0.25) is 4.79 Å². The number of nitrogens with zero attached hydrogens (tertiary/aromatic N) is 1. The predicted molar refractivity (Wildman–Crippen MR) is 91.6 cm³/mol. The van der Waals surface area contributed by atoms with Gasteiger partial charge in [0.05, 0.1) is 18.9 Å². The zero-order chi connectivity index (χ0) is 16.1. The molecule has 0 radical (unpaired) electrons. The summed E-state index contributed by atoms with van der Waals surface area (Å²) in [6, 6.07) is 10.0. The Labute approximate surface area is 144 Å². The summed E-state index contributed by atoms with van der Waals surface area (Å²) in [5, 5.41) is 13.5. The number of rotatable bonds is 4. The first-order valence-corrected chi connectivity index (χ1v) is 7.75. The third-order valence-corrected chi connectivity index (χ3v) is 3.75. The van der Waals surface area contributed by atoms with Crippen molar-refractivity contribution in [1.29, 1.82) is 0 Å². The van der Waals surface area contributed by atoms with E-state index in [4.69, 9.17) is 4.74 Å². The fourth-order valence-electron chi connectivity index (χ4n) is 1.71. The normalized spacial score (nSPS) is 10.7. The molecule has 0 spiro atoms. The average Bonchev–Trinajstić information content (AvgIpc) is 2.50. The third-order valence-electron chi connectivity index (χ3n) is 2.77. The molecule has 0 atom stereocenters. The molecule has 0 aliphatic rings. The number of halogens is 2. The second kappa shape index (κ2) is 7.42. The van der Waals surface area contributed by atoms with Gasteiger partial charge in [0.1, 0.15) is 11.5 Å². The number of benzene rings is 2. The van der Waals surface area contributed by atoms with Crippen LogP contribution in [0, 0.1) is 0 Å². The van der Waals surface area contributed by atoms with Crippen molar-refractivity contribution in [3.05, 3.63) is 56.5 Å². The van der Waals surface area contributed by atoms with Gasteiger partial charge in [0.25, 0.3) is 5.91 Å². The highest BCUT2D eigenvalue weighted by atomic mass is 79.9. The SMILES string of the molecule is COc1ccc(Br)cc1C(=O)N/N=C\c1cc(Br)ccc1O. The first-order chi connectivity index (χ1) is 10.5. The number of nitrogens with one attached hydrogen (secondary N) is 1. The van der Waals surface area contributed by atoms with Gasteiger partial charge < -0.3 is 9.84 Å². The summed E-state index contributed by atoms with van der Waals surface area (Å²) in [7, 11) is 1.49. The highest BCUT2D eigenvalue weighted by molar-refractivity contribution is 9.10. The van der Waals surface area contributed by atoms with Gasteiger partial charge in [0, 0.05) is 14.5 Å². The van der Waals surface area contributed by atoms with Crippen molar-refractivity contribution in [3.8, 4) is 11.5 Å². The molecule has 22 heavy (non-hydrogen) atoms. The molecular weight excluding hydrogens is 416 g/mol. The van der Waals surface area contributed by atoms with Crippen LogP contribution in [0.2, 0.25) is 0 Å². The average molecular weight is 428 g/mol. The highest BCUT2D eigenvalue weighted by Gasteiger charge is 2.12. The molecule has 2 rings (SSSR count). The number of carbonyl (C=O) groups is 1. The fourth-order valence-corrected chi connectivity index (χ4v) is 2.45. The van der Waals surface area contributed by atoms with Crippen LogP contribution in [-0.4, -0.2) is 24.3 Å². The smallest absolute Gasteiger partial charge is 0.275 e. The van der Waals surface area contributed by atoms with E-state index in [9.17, 15) is 9.90 Å². The maximum Gasteiger partial charge on any atom is 0.275 e. The van der Waals surface area contributed by atoms with Gasteiger partial charge in [0.15, 0.2) is 0 Å². The summed E-state index contributed by atoms with van der Waals surface area (Å²) in [5.74, 6) is 0.103. The molecule has 0 saturated heterocycles. The Morgan fingerprint density at radius 2 is 1.91 bits per heavy atom. The van der Waals surface area contributed by atoms with E-state index in [-0.39, 0.29) is 5.75 Å². The molecule has 0 aliphatic heterocycles. The number of hydrogen-bond acceptors (Lipinski definition) is 4. The van der Waals surface area contributed by atoms with Crippen molar-refractivity contribution in [2.24, 2.45) is 5.10 Å². The van der Waals surface area contributed by atoms with E-state index in [0.29, 0.717) is 16.9 Å². The largest absolute Gasteiger partial charge is 0.507 e. The molecule has 0 heterocycles. The Morgan fingerprint density at radius 1 is 1.23 bits per heavy atom. The first-order valence-electron chi connectivity index (χ1n) is 6.16. The van der Waals surface area contributed by atoms with E-state index in [2.05, 4.69) is 42.4 Å². The van der Waals surface area contributed by atoms with Crippen molar-refractivity contribution in [2.45, 2.75) is 0 Å². The second-order valence-corrected chi connectivity index (χ2v) is 6.08. The summed E-state index contributed by atoms with van der Waals surface area (Å²) in [6.45, 7) is 0. The molecule has 7 heteroatoms. The van der Waals surface area contributed by atoms with E-state index in [1.165, 1.54) is 19.4 Å². The van der Waals surface area contributed by atoms with Gasteiger partial charge in [-0.25, -0.2) is 5.43 Å². The molecule has 2 N–H and O–H groups in total. The minimum absolute atomic E-state index is 0.0706. The first kappa shape index (κ1) is 16.5. The van der Waals surface area contributed by atoms with Crippen LogP contribution in [0.15, 0.2) is 50.4 Å². The van der Waals surface area contributed by atoms with E-state index >= 15 is 0 Å². The lowest BCUT2D eigenvalue weighted by Crippen LogP contribution is -2.18. The van der Waals surface area contributed by atoms with Crippen LogP contribution in [0.3, 0.4) is 0 Å². The molecule has 0 unspecified atom stereocenters. The molecule has 0 fully saturated rings. The van der Waals surface area contributed by atoms with Gasteiger partial charge in [-0.05, 0) is 36.4 Å². The Hall–Kier alpha value is -1.86. The highest BCUT2D eigenvalue weighted by Crippen LogP contribution is 2.23. The number of aromatic hydroxyl groups is 1. The van der Waals surface area contributed by atoms with Gasteiger partial charge in [-0.15, -0.1) is 0 Å². The van der Waals surface area contributed by atoms with Gasteiger partial charge >= 0.3 is 0 Å². The fraction of sp³-hybridized carbons (Fsp3) is 0.0667. The summed E-state index contributed by atoms with van der Waals surface area (Å²) >= 11 is 6.60. The quantitative estimate of drug-likeness (QED) is 0.577. The van der Waals surface area contributed by atoms with Crippen LogP contribution in [0.1, 0.15) is 15.9 Å². The molecule has 0 saturated carbocycles. The molecule has 5 nitrogen and oxygen atoms in total. The summed E-state index contributed by atoms with van der Waals surface area (Å²) in [5.41, 5.74) is 3.24. The predicted octanol–water partition coefficient (Wildman–Crippen LogP) is 3.69. The van der Waals surface area contributed by atoms with E-state index < -0.39 is 5.91 Å². The van der Waals surface area contributed by atoms with Crippen molar-refractivity contribution < 1.29 is 14.6 Å². The number of methoxy groups -OCH3 is 1. The molecule has 0 aliphatic carbocycles. The van der Waals surface area contributed by atoms with Crippen molar-refractivity contribution in [3.63, 3.8) is 0 Å². The number of hydrazone groups is 1. The van der Waals surface area contributed by atoms with Crippen LogP contribution < -0.4 is 10.2 Å². The second-order valence-electron chi connectivity index (χ2n) is 4.25. The minimum atomic E-state index is -0.413. The van der Waals surface area contributed by atoms with Crippen molar-refractivity contribution in [2.75, 3.05) is 7.11 Å². The number of amides is 1. The van der Waals surface area contributed by atoms with E-state index in [1.807, 2.05) is 0 Å². The van der Waals surface area contributed by atoms with Gasteiger partial charge in [0.2, 0.25) is 0 Å². The topological polar surface area (TPSA) is 70.9 Å². The molecule has 0 bridgehead atoms. The third kappa shape index (κ3) is 4.08. The molecule has 114 valence electrons. The standard InChI is InChI=1S/C15H12Br2N2O3/c1-22-14-5-3-11(17)7-12(14)15(21)19-18-8-9-6-10(16)2-4-13(9)20/h2-8,20H,1H3,(H,19,21)/b18-8-. The van der Waals surface area contributed by atoms with Crippen LogP contribution in [0.5, 0.6) is 11.5 Å². The van der Waals surface area contributed by atoms with Crippen LogP contribution in [0.25, 0.3) is 0 Å².